The van der Waals surface area contributed by atoms with Gasteiger partial charge >= 0.3 is 5.97 Å². The van der Waals surface area contributed by atoms with Gasteiger partial charge in [-0.25, -0.2) is 4.79 Å². The summed E-state index contributed by atoms with van der Waals surface area (Å²) in [5.41, 5.74) is 0.678. The topological polar surface area (TPSA) is 75.7 Å². The maximum absolute atomic E-state index is 12.2. The Morgan fingerprint density at radius 1 is 1.21 bits per heavy atom. The highest BCUT2D eigenvalue weighted by atomic mass is 16.5. The van der Waals surface area contributed by atoms with E-state index in [1.807, 2.05) is 0 Å². The van der Waals surface area contributed by atoms with E-state index in [9.17, 15) is 14.4 Å². The average molecular weight is 334 g/mol. The molecule has 0 saturated heterocycles. The molecule has 6 heteroatoms. The second kappa shape index (κ2) is 9.70. The summed E-state index contributed by atoms with van der Waals surface area (Å²) in [6.07, 6.45) is 0.826. The highest BCUT2D eigenvalue weighted by Crippen LogP contribution is 2.16. The molecule has 0 aliphatic heterocycles. The van der Waals surface area contributed by atoms with E-state index in [-0.39, 0.29) is 25.0 Å². The third-order valence-electron chi connectivity index (χ3n) is 3.45. The lowest BCUT2D eigenvalue weighted by molar-refractivity contribution is -0.132. The lowest BCUT2D eigenvalue weighted by Crippen LogP contribution is -2.37. The van der Waals surface area contributed by atoms with E-state index in [2.05, 4.69) is 19.2 Å². The zero-order valence-electron chi connectivity index (χ0n) is 14.8. The van der Waals surface area contributed by atoms with Gasteiger partial charge in [-0.05, 0) is 31.4 Å². The molecule has 1 aromatic rings. The van der Waals surface area contributed by atoms with Crippen molar-refractivity contribution in [2.45, 2.75) is 34.1 Å². The number of nitrogens with one attached hydrogen (secondary N) is 1. The second-order valence-corrected chi connectivity index (χ2v) is 5.94. The van der Waals surface area contributed by atoms with Crippen LogP contribution >= 0.6 is 0 Å². The maximum Gasteiger partial charge on any atom is 0.340 e. The van der Waals surface area contributed by atoms with Crippen LogP contribution < -0.4 is 5.32 Å². The first-order valence-corrected chi connectivity index (χ1v) is 8.16. The van der Waals surface area contributed by atoms with E-state index in [0.717, 1.165) is 6.42 Å². The van der Waals surface area contributed by atoms with Crippen LogP contribution in [0.25, 0.3) is 0 Å². The molecular weight excluding hydrogens is 308 g/mol. The van der Waals surface area contributed by atoms with Gasteiger partial charge in [0.15, 0.2) is 0 Å². The Balaban J connectivity index is 2.76. The summed E-state index contributed by atoms with van der Waals surface area (Å²) in [6, 6.07) is 6.65. The zero-order valence-corrected chi connectivity index (χ0v) is 14.8. The normalized spacial score (nSPS) is 10.4. The van der Waals surface area contributed by atoms with E-state index in [0.29, 0.717) is 23.7 Å². The monoisotopic (exact) mass is 334 g/mol. The molecule has 0 radical (unpaired) electrons. The van der Waals surface area contributed by atoms with E-state index < -0.39 is 5.97 Å². The second-order valence-electron chi connectivity index (χ2n) is 5.94. The van der Waals surface area contributed by atoms with E-state index in [4.69, 9.17) is 4.74 Å². The van der Waals surface area contributed by atoms with Crippen molar-refractivity contribution in [2.75, 3.05) is 25.0 Å². The smallest absolute Gasteiger partial charge is 0.340 e. The summed E-state index contributed by atoms with van der Waals surface area (Å²) in [5.74, 6) is -0.536. The molecule has 24 heavy (non-hydrogen) atoms. The Bertz CT molecular complexity index is 584. The number of nitrogens with zero attached hydrogens (tertiary/aromatic N) is 1. The maximum atomic E-state index is 12.2. The lowest BCUT2D eigenvalue weighted by Gasteiger charge is -2.21. The summed E-state index contributed by atoms with van der Waals surface area (Å²) in [7, 11) is 0. The lowest BCUT2D eigenvalue weighted by atomic mass is 10.1. The molecule has 0 aliphatic carbocycles. The molecule has 0 spiro atoms. The van der Waals surface area contributed by atoms with Crippen LogP contribution in [0, 0.1) is 5.92 Å². The minimum atomic E-state index is -0.489. The Morgan fingerprint density at radius 2 is 1.88 bits per heavy atom. The number of carbonyl (C=O) groups excluding carboxylic acids is 3. The summed E-state index contributed by atoms with van der Waals surface area (Å²) < 4.78 is 4.98. The molecule has 0 atom stereocenters. The number of hydrogen-bond acceptors (Lipinski definition) is 4. The Labute approximate surface area is 143 Å². The van der Waals surface area contributed by atoms with Gasteiger partial charge in [0.1, 0.15) is 0 Å². The molecule has 1 rings (SSSR count). The van der Waals surface area contributed by atoms with Crippen LogP contribution in [-0.2, 0) is 14.3 Å². The van der Waals surface area contributed by atoms with Crippen LogP contribution in [0.2, 0.25) is 0 Å². The van der Waals surface area contributed by atoms with Gasteiger partial charge in [0.05, 0.1) is 24.4 Å². The average Bonchev–Trinajstić information content (AvgIpc) is 2.51. The van der Waals surface area contributed by atoms with Crippen molar-refractivity contribution in [3.8, 4) is 0 Å². The van der Waals surface area contributed by atoms with Gasteiger partial charge in [0, 0.05) is 13.5 Å². The van der Waals surface area contributed by atoms with E-state index >= 15 is 0 Å². The Kier molecular flexibility index (Phi) is 7.95. The summed E-state index contributed by atoms with van der Waals surface area (Å²) in [4.78, 5) is 37.3. The molecule has 0 aromatic heterocycles. The third kappa shape index (κ3) is 6.40. The molecule has 0 heterocycles. The van der Waals surface area contributed by atoms with Crippen molar-refractivity contribution < 1.29 is 19.1 Å². The van der Waals surface area contributed by atoms with Crippen LogP contribution in [0.5, 0.6) is 0 Å². The van der Waals surface area contributed by atoms with Crippen molar-refractivity contribution in [2.24, 2.45) is 5.92 Å². The summed E-state index contributed by atoms with van der Waals surface area (Å²) >= 11 is 0. The summed E-state index contributed by atoms with van der Waals surface area (Å²) in [5, 5.41) is 2.69. The first kappa shape index (κ1) is 19.7. The number of anilines is 1. The van der Waals surface area contributed by atoms with Crippen LogP contribution in [0.1, 0.15) is 44.5 Å². The molecule has 1 aromatic carbocycles. The van der Waals surface area contributed by atoms with Gasteiger partial charge in [-0.15, -0.1) is 0 Å². The fourth-order valence-corrected chi connectivity index (χ4v) is 2.10. The molecule has 0 saturated carbocycles. The molecular formula is C18H26N2O4. The van der Waals surface area contributed by atoms with Crippen molar-refractivity contribution in [3.05, 3.63) is 29.8 Å². The number of benzene rings is 1. The van der Waals surface area contributed by atoms with Crippen molar-refractivity contribution in [3.63, 3.8) is 0 Å². The SMILES string of the molecule is CCOC(=O)c1ccccc1NC(=O)CN(CCC(C)C)C(C)=O. The van der Waals surface area contributed by atoms with Gasteiger partial charge in [0.2, 0.25) is 11.8 Å². The number of hydrogen-bond donors (Lipinski definition) is 1. The molecule has 1 N–H and O–H groups in total. The molecule has 2 amide bonds. The van der Waals surface area contributed by atoms with Crippen LogP contribution in [-0.4, -0.2) is 42.4 Å². The standard InChI is InChI=1S/C18H26N2O4/c1-5-24-18(23)15-8-6-7-9-16(15)19-17(22)12-20(14(4)21)11-10-13(2)3/h6-9,13H,5,10-12H2,1-4H3,(H,19,22). The van der Waals surface area contributed by atoms with Gasteiger partial charge in [-0.3, -0.25) is 9.59 Å². The molecule has 0 unspecified atom stereocenters. The minimum Gasteiger partial charge on any atom is -0.462 e. The molecule has 132 valence electrons. The largest absolute Gasteiger partial charge is 0.462 e. The number of carbonyl (C=O) groups is 3. The van der Waals surface area contributed by atoms with Crippen LogP contribution in [0.3, 0.4) is 0 Å². The fourth-order valence-electron chi connectivity index (χ4n) is 2.10. The quantitative estimate of drug-likeness (QED) is 0.742. The highest BCUT2D eigenvalue weighted by Gasteiger charge is 2.17. The molecule has 0 bridgehead atoms. The van der Waals surface area contributed by atoms with Crippen molar-refractivity contribution in [1.29, 1.82) is 0 Å². The summed E-state index contributed by atoms with van der Waals surface area (Å²) in [6.45, 7) is 8.04. The number of para-hydroxylation sites is 1. The Hall–Kier alpha value is -2.37. The van der Waals surface area contributed by atoms with Gasteiger partial charge in [-0.1, -0.05) is 26.0 Å². The third-order valence-corrected chi connectivity index (χ3v) is 3.45. The van der Waals surface area contributed by atoms with Crippen LogP contribution in [0.4, 0.5) is 5.69 Å². The first-order chi connectivity index (χ1) is 11.3. The molecule has 0 fully saturated rings. The first-order valence-electron chi connectivity index (χ1n) is 8.16. The van der Waals surface area contributed by atoms with E-state index in [1.165, 1.54) is 11.8 Å². The Morgan fingerprint density at radius 3 is 2.46 bits per heavy atom. The zero-order chi connectivity index (χ0) is 18.1. The predicted octanol–water partition coefficient (Wildman–Crippen LogP) is 2.70. The number of esters is 1. The van der Waals surface area contributed by atoms with Crippen molar-refractivity contribution >= 4 is 23.5 Å². The minimum absolute atomic E-state index is 0.0424. The van der Waals surface area contributed by atoms with Gasteiger partial charge in [-0.2, -0.15) is 0 Å². The molecule has 6 nitrogen and oxygen atoms in total. The van der Waals surface area contributed by atoms with Crippen molar-refractivity contribution in [1.82, 2.24) is 4.90 Å². The van der Waals surface area contributed by atoms with Gasteiger partial charge in [0.25, 0.3) is 0 Å². The molecule has 0 aliphatic rings. The highest BCUT2D eigenvalue weighted by molar-refractivity contribution is 6.02. The predicted molar refractivity (Wildman–Crippen MR) is 92.7 cm³/mol. The number of amides is 2. The van der Waals surface area contributed by atoms with Gasteiger partial charge < -0.3 is 15.0 Å². The van der Waals surface area contributed by atoms with Crippen LogP contribution in [0.15, 0.2) is 24.3 Å². The number of rotatable bonds is 8. The van der Waals surface area contributed by atoms with E-state index in [1.54, 1.807) is 31.2 Å². The number of ether oxygens (including phenoxy) is 1. The fraction of sp³-hybridized carbons (Fsp3) is 0.500.